The molecular weight excluding hydrogens is 389 g/mol. The zero-order chi connectivity index (χ0) is 21.8. The Morgan fingerprint density at radius 3 is 2.83 bits per heavy atom. The van der Waals surface area contributed by atoms with Crippen LogP contribution in [0.15, 0.2) is 59.4 Å². The number of nitrogens with zero attached hydrogens (tertiary/aromatic N) is 2. The van der Waals surface area contributed by atoms with Gasteiger partial charge in [0.25, 0.3) is 11.8 Å². The zero-order valence-corrected chi connectivity index (χ0v) is 16.9. The van der Waals surface area contributed by atoms with E-state index in [0.717, 1.165) is 19.3 Å². The standard InChI is InChI=1S/C22H24FN3O4/c1-3-4-10-16(2)29-22(28)25-21(27)18-12-9-11-17(15-18)20-24-19(30-26-20)13-7-5-6-8-14-23/h5-9,11-16H,3-4,10H2,1-2H3,(H,25,27,28)/b6-5-,13-7+,14-8+. The number of carbonyl (C=O) groups excluding carboxylic acids is 2. The number of benzene rings is 1. The fraction of sp³-hybridized carbons (Fsp3) is 0.273. The van der Waals surface area contributed by atoms with Crippen molar-refractivity contribution in [2.75, 3.05) is 0 Å². The molecule has 0 spiro atoms. The zero-order valence-electron chi connectivity index (χ0n) is 16.9. The monoisotopic (exact) mass is 413 g/mol. The number of carbonyl (C=O) groups is 2. The molecule has 0 radical (unpaired) electrons. The summed E-state index contributed by atoms with van der Waals surface area (Å²) in [5.41, 5.74) is 0.806. The number of nitrogens with one attached hydrogen (secondary N) is 1. The van der Waals surface area contributed by atoms with Crippen molar-refractivity contribution in [3.63, 3.8) is 0 Å². The van der Waals surface area contributed by atoms with Gasteiger partial charge in [-0.05, 0) is 31.6 Å². The Labute approximate surface area is 174 Å². The topological polar surface area (TPSA) is 94.3 Å². The molecule has 0 saturated carbocycles. The number of halogens is 1. The van der Waals surface area contributed by atoms with Crippen molar-refractivity contribution in [3.8, 4) is 11.4 Å². The summed E-state index contributed by atoms with van der Waals surface area (Å²) < 4.78 is 22.1. The Bertz CT molecular complexity index is 934. The van der Waals surface area contributed by atoms with Crippen molar-refractivity contribution >= 4 is 18.1 Å². The molecule has 7 nitrogen and oxygen atoms in total. The number of alkyl carbamates (subject to hydrolysis) is 1. The van der Waals surface area contributed by atoms with E-state index in [1.165, 1.54) is 12.2 Å². The van der Waals surface area contributed by atoms with Crippen LogP contribution in [-0.4, -0.2) is 28.2 Å². The predicted octanol–water partition coefficient (Wildman–Crippen LogP) is 5.23. The van der Waals surface area contributed by atoms with Crippen molar-refractivity contribution in [1.82, 2.24) is 15.5 Å². The van der Waals surface area contributed by atoms with Gasteiger partial charge in [0.05, 0.1) is 6.33 Å². The van der Waals surface area contributed by atoms with E-state index in [1.807, 2.05) is 0 Å². The molecule has 2 amide bonds. The Morgan fingerprint density at radius 2 is 2.07 bits per heavy atom. The summed E-state index contributed by atoms with van der Waals surface area (Å²) in [5, 5.41) is 6.09. The van der Waals surface area contributed by atoms with Crippen LogP contribution in [0.25, 0.3) is 17.5 Å². The molecule has 0 saturated heterocycles. The highest BCUT2D eigenvalue weighted by molar-refractivity contribution is 6.03. The molecule has 0 aliphatic carbocycles. The van der Waals surface area contributed by atoms with Crippen LogP contribution in [0.1, 0.15) is 49.4 Å². The van der Waals surface area contributed by atoms with Gasteiger partial charge in [-0.25, -0.2) is 9.18 Å². The summed E-state index contributed by atoms with van der Waals surface area (Å²) in [6.45, 7) is 3.84. The van der Waals surface area contributed by atoms with Gasteiger partial charge < -0.3 is 9.26 Å². The Hall–Kier alpha value is -3.55. The van der Waals surface area contributed by atoms with Crippen LogP contribution in [0, 0.1) is 0 Å². The van der Waals surface area contributed by atoms with Crippen LogP contribution in [-0.2, 0) is 4.74 Å². The van der Waals surface area contributed by atoms with E-state index in [4.69, 9.17) is 9.26 Å². The summed E-state index contributed by atoms with van der Waals surface area (Å²) in [6.07, 6.45) is 9.59. The number of unbranched alkanes of at least 4 members (excludes halogenated alkanes) is 1. The quantitative estimate of drug-likeness (QED) is 0.566. The second-order valence-electron chi connectivity index (χ2n) is 6.41. The molecule has 0 aliphatic rings. The lowest BCUT2D eigenvalue weighted by molar-refractivity contribution is 0.0834. The molecule has 158 valence electrons. The van der Waals surface area contributed by atoms with Crippen LogP contribution in [0.5, 0.6) is 0 Å². The molecular formula is C22H24FN3O4. The SMILES string of the molecule is CCCCC(C)OC(=O)NC(=O)c1cccc(-c2noc(/C=C/C=C\C=C\F)n2)c1. The number of hydrogen-bond donors (Lipinski definition) is 1. The molecule has 1 unspecified atom stereocenters. The second-order valence-corrected chi connectivity index (χ2v) is 6.41. The van der Waals surface area contributed by atoms with E-state index >= 15 is 0 Å². The summed E-state index contributed by atoms with van der Waals surface area (Å²) in [7, 11) is 0. The molecule has 1 aromatic carbocycles. The first-order chi connectivity index (χ1) is 14.5. The lowest BCUT2D eigenvalue weighted by Gasteiger charge is -2.13. The fourth-order valence-corrected chi connectivity index (χ4v) is 2.46. The van der Waals surface area contributed by atoms with E-state index in [9.17, 15) is 14.0 Å². The summed E-state index contributed by atoms with van der Waals surface area (Å²) in [4.78, 5) is 28.4. The first-order valence-corrected chi connectivity index (χ1v) is 9.59. The average Bonchev–Trinajstić information content (AvgIpc) is 3.21. The van der Waals surface area contributed by atoms with Crippen LogP contribution in [0.2, 0.25) is 0 Å². The van der Waals surface area contributed by atoms with Crippen molar-refractivity contribution in [3.05, 3.63) is 66.4 Å². The number of amides is 2. The molecule has 1 aromatic heterocycles. The van der Waals surface area contributed by atoms with Crippen LogP contribution < -0.4 is 5.32 Å². The number of ether oxygens (including phenoxy) is 1. The van der Waals surface area contributed by atoms with Gasteiger partial charge in [-0.15, -0.1) is 0 Å². The summed E-state index contributed by atoms with van der Waals surface area (Å²) in [6, 6.07) is 6.48. The Balaban J connectivity index is 2.00. The summed E-state index contributed by atoms with van der Waals surface area (Å²) >= 11 is 0. The molecule has 2 aromatic rings. The molecule has 30 heavy (non-hydrogen) atoms. The van der Waals surface area contributed by atoms with E-state index in [2.05, 4.69) is 22.4 Å². The molecule has 2 rings (SSSR count). The summed E-state index contributed by atoms with van der Waals surface area (Å²) in [5.74, 6) is -0.0507. The molecule has 0 bridgehead atoms. The van der Waals surface area contributed by atoms with Crippen LogP contribution >= 0.6 is 0 Å². The highest BCUT2D eigenvalue weighted by Gasteiger charge is 2.15. The highest BCUT2D eigenvalue weighted by atomic mass is 19.1. The number of imide groups is 1. The molecule has 8 heteroatoms. The third-order valence-corrected chi connectivity index (χ3v) is 3.96. The lowest BCUT2D eigenvalue weighted by Crippen LogP contribution is -2.33. The maximum Gasteiger partial charge on any atom is 0.414 e. The van der Waals surface area contributed by atoms with Crippen LogP contribution in [0.4, 0.5) is 9.18 Å². The number of rotatable bonds is 9. The maximum absolute atomic E-state index is 12.3. The van der Waals surface area contributed by atoms with Gasteiger partial charge in [-0.1, -0.05) is 55.3 Å². The Morgan fingerprint density at radius 1 is 1.27 bits per heavy atom. The third kappa shape index (κ3) is 7.46. The predicted molar refractivity (Wildman–Crippen MR) is 111 cm³/mol. The largest absolute Gasteiger partial charge is 0.446 e. The van der Waals surface area contributed by atoms with Gasteiger partial charge in [0, 0.05) is 17.2 Å². The molecule has 1 N–H and O–H groups in total. The fourth-order valence-electron chi connectivity index (χ4n) is 2.46. The number of aromatic nitrogens is 2. The van der Waals surface area contributed by atoms with Crippen molar-refractivity contribution in [1.29, 1.82) is 0 Å². The third-order valence-electron chi connectivity index (χ3n) is 3.96. The number of hydrogen-bond acceptors (Lipinski definition) is 6. The number of allylic oxidation sites excluding steroid dienone is 4. The van der Waals surface area contributed by atoms with Gasteiger partial charge in [0.1, 0.15) is 6.10 Å². The van der Waals surface area contributed by atoms with E-state index in [-0.39, 0.29) is 23.4 Å². The lowest BCUT2D eigenvalue weighted by atomic mass is 10.1. The highest BCUT2D eigenvalue weighted by Crippen LogP contribution is 2.18. The minimum absolute atomic E-state index is 0.248. The minimum Gasteiger partial charge on any atom is -0.446 e. The van der Waals surface area contributed by atoms with Crippen LogP contribution in [0.3, 0.4) is 0 Å². The first kappa shape index (κ1) is 22.7. The Kier molecular flexibility index (Phi) is 9.18. The van der Waals surface area contributed by atoms with E-state index in [0.29, 0.717) is 11.9 Å². The van der Waals surface area contributed by atoms with Gasteiger partial charge >= 0.3 is 6.09 Å². The first-order valence-electron chi connectivity index (χ1n) is 9.59. The van der Waals surface area contributed by atoms with Crippen molar-refractivity contribution in [2.24, 2.45) is 0 Å². The van der Waals surface area contributed by atoms with Gasteiger partial charge in [-0.2, -0.15) is 4.98 Å². The van der Waals surface area contributed by atoms with E-state index < -0.39 is 12.0 Å². The molecule has 1 heterocycles. The molecule has 0 aliphatic heterocycles. The molecule has 1 atom stereocenters. The normalized spacial score (nSPS) is 12.6. The van der Waals surface area contributed by atoms with Crippen molar-refractivity contribution < 1.29 is 23.2 Å². The smallest absolute Gasteiger partial charge is 0.414 e. The van der Waals surface area contributed by atoms with Gasteiger partial charge in [-0.3, -0.25) is 10.1 Å². The van der Waals surface area contributed by atoms with E-state index in [1.54, 1.807) is 49.4 Å². The minimum atomic E-state index is -0.781. The van der Waals surface area contributed by atoms with Gasteiger partial charge in [0.15, 0.2) is 0 Å². The van der Waals surface area contributed by atoms with Crippen molar-refractivity contribution in [2.45, 2.75) is 39.2 Å². The second kappa shape index (κ2) is 12.1. The molecule has 0 fully saturated rings. The average molecular weight is 413 g/mol. The maximum atomic E-state index is 12.3. The van der Waals surface area contributed by atoms with Gasteiger partial charge in [0.2, 0.25) is 5.82 Å².